The first-order valence-corrected chi connectivity index (χ1v) is 9.68. The Morgan fingerprint density at radius 2 is 2.04 bits per heavy atom. The van der Waals surface area contributed by atoms with Gasteiger partial charge in [-0.05, 0) is 43.9 Å². The molecule has 1 N–H and O–H groups in total. The Kier molecular flexibility index (Phi) is 5.20. The summed E-state index contributed by atoms with van der Waals surface area (Å²) in [4.78, 5) is 19.8. The maximum Gasteiger partial charge on any atom is 0.274 e. The van der Waals surface area contributed by atoms with E-state index in [0.717, 1.165) is 55.9 Å². The second-order valence-corrected chi connectivity index (χ2v) is 7.09. The Bertz CT molecular complexity index is 908. The van der Waals surface area contributed by atoms with Gasteiger partial charge in [0, 0.05) is 44.8 Å². The number of amides is 1. The number of hydrogen-bond acceptors (Lipinski definition) is 4. The van der Waals surface area contributed by atoms with Crippen LogP contribution in [0.2, 0.25) is 0 Å². The molecule has 0 bridgehead atoms. The molecule has 4 heterocycles. The number of carbonyl (C=O) groups excluding carboxylic acids is 1. The van der Waals surface area contributed by atoms with Crippen LogP contribution >= 0.6 is 0 Å². The Balaban J connectivity index is 1.56. The number of rotatable bonds is 6. The van der Waals surface area contributed by atoms with Crippen molar-refractivity contribution in [3.63, 3.8) is 0 Å². The van der Waals surface area contributed by atoms with Crippen molar-refractivity contribution in [1.82, 2.24) is 29.4 Å². The quantitative estimate of drug-likeness (QED) is 0.680. The van der Waals surface area contributed by atoms with Crippen LogP contribution in [0.5, 0.6) is 0 Å². The molecule has 27 heavy (non-hydrogen) atoms. The lowest BCUT2D eigenvalue weighted by Crippen LogP contribution is -2.36. The highest BCUT2D eigenvalue weighted by molar-refractivity contribution is 5.94. The van der Waals surface area contributed by atoms with Gasteiger partial charge >= 0.3 is 0 Å². The lowest BCUT2D eigenvalue weighted by Gasteiger charge is -2.26. The minimum atomic E-state index is 0.0571. The number of nitrogens with zero attached hydrogens (tertiary/aromatic N) is 5. The maximum absolute atomic E-state index is 13.1. The zero-order valence-corrected chi connectivity index (χ0v) is 15.8. The van der Waals surface area contributed by atoms with Gasteiger partial charge in [-0.2, -0.15) is 5.10 Å². The van der Waals surface area contributed by atoms with Crippen LogP contribution in [-0.2, 0) is 13.1 Å². The van der Waals surface area contributed by atoms with Crippen LogP contribution in [0, 0.1) is 6.92 Å². The van der Waals surface area contributed by atoms with E-state index in [1.54, 1.807) is 6.20 Å². The average molecular weight is 366 g/mol. The molecule has 0 radical (unpaired) electrons. The third kappa shape index (κ3) is 3.73. The summed E-state index contributed by atoms with van der Waals surface area (Å²) in [6.07, 6.45) is 9.08. The second-order valence-electron chi connectivity index (χ2n) is 7.09. The van der Waals surface area contributed by atoms with Gasteiger partial charge in [-0.1, -0.05) is 6.07 Å². The summed E-state index contributed by atoms with van der Waals surface area (Å²) < 4.78 is 3.94. The maximum atomic E-state index is 13.1. The summed E-state index contributed by atoms with van der Waals surface area (Å²) in [7, 11) is 0. The van der Waals surface area contributed by atoms with Gasteiger partial charge in [0.1, 0.15) is 5.65 Å². The SMILES string of the molecule is Cc1cccn2c(CNCCn3cccn3)c(C(=O)N3CCCCC3)nc12. The number of imidazole rings is 1. The van der Waals surface area contributed by atoms with Crippen LogP contribution in [0.15, 0.2) is 36.8 Å². The number of fused-ring (bicyclic) bond motifs is 1. The summed E-state index contributed by atoms with van der Waals surface area (Å²) in [5.74, 6) is 0.0571. The van der Waals surface area contributed by atoms with Crippen LogP contribution in [0.4, 0.5) is 0 Å². The van der Waals surface area contributed by atoms with E-state index in [4.69, 9.17) is 4.98 Å². The van der Waals surface area contributed by atoms with Crippen LogP contribution < -0.4 is 5.32 Å². The predicted molar refractivity (Wildman–Crippen MR) is 104 cm³/mol. The number of hydrogen-bond donors (Lipinski definition) is 1. The van der Waals surface area contributed by atoms with Gasteiger partial charge in [0.05, 0.1) is 12.2 Å². The van der Waals surface area contributed by atoms with Gasteiger partial charge in [-0.3, -0.25) is 9.48 Å². The summed E-state index contributed by atoms with van der Waals surface area (Å²) in [6.45, 7) is 5.86. The Morgan fingerprint density at radius 1 is 1.19 bits per heavy atom. The molecule has 0 saturated carbocycles. The molecule has 7 heteroatoms. The Morgan fingerprint density at radius 3 is 2.81 bits per heavy atom. The third-order valence-corrected chi connectivity index (χ3v) is 5.16. The van der Waals surface area contributed by atoms with E-state index in [0.29, 0.717) is 12.2 Å². The van der Waals surface area contributed by atoms with Crippen molar-refractivity contribution >= 4 is 11.6 Å². The molecule has 3 aromatic heterocycles. The van der Waals surface area contributed by atoms with Crippen molar-refractivity contribution in [3.05, 3.63) is 53.7 Å². The minimum Gasteiger partial charge on any atom is -0.337 e. The third-order valence-electron chi connectivity index (χ3n) is 5.16. The molecular formula is C20H26N6O. The molecule has 1 amide bonds. The number of likely N-dealkylation sites (tertiary alicyclic amines) is 1. The van der Waals surface area contributed by atoms with Gasteiger partial charge in [-0.15, -0.1) is 0 Å². The first-order valence-electron chi connectivity index (χ1n) is 9.68. The van der Waals surface area contributed by atoms with Crippen molar-refractivity contribution < 1.29 is 4.79 Å². The van der Waals surface area contributed by atoms with E-state index in [2.05, 4.69) is 10.4 Å². The monoisotopic (exact) mass is 366 g/mol. The molecular weight excluding hydrogens is 340 g/mol. The number of carbonyl (C=O) groups is 1. The number of aryl methyl sites for hydroxylation is 1. The molecule has 0 unspecified atom stereocenters. The van der Waals surface area contributed by atoms with E-state index >= 15 is 0 Å². The highest BCUT2D eigenvalue weighted by Gasteiger charge is 2.25. The normalized spacial score (nSPS) is 14.8. The van der Waals surface area contributed by atoms with Crippen molar-refractivity contribution in [1.29, 1.82) is 0 Å². The molecule has 0 spiro atoms. The Labute approximate surface area is 159 Å². The smallest absolute Gasteiger partial charge is 0.274 e. The fraction of sp³-hybridized carbons (Fsp3) is 0.450. The topological polar surface area (TPSA) is 67.5 Å². The van der Waals surface area contributed by atoms with Gasteiger partial charge in [0.2, 0.25) is 0 Å². The van der Waals surface area contributed by atoms with Crippen LogP contribution in [0.3, 0.4) is 0 Å². The van der Waals surface area contributed by atoms with Gasteiger partial charge in [0.25, 0.3) is 5.91 Å². The highest BCUT2D eigenvalue weighted by Crippen LogP contribution is 2.19. The standard InChI is InChI=1S/C20H26N6O/c1-16-7-5-13-26-17(15-21-9-14-25-12-6-8-22-25)18(23-19(16)26)20(27)24-10-3-2-4-11-24/h5-8,12-13,21H,2-4,9-11,14-15H2,1H3. The summed E-state index contributed by atoms with van der Waals surface area (Å²) in [5.41, 5.74) is 3.46. The zero-order valence-electron chi connectivity index (χ0n) is 15.8. The van der Waals surface area contributed by atoms with Crippen molar-refractivity contribution in [2.24, 2.45) is 0 Å². The van der Waals surface area contributed by atoms with Crippen molar-refractivity contribution in [2.45, 2.75) is 39.3 Å². The number of aromatic nitrogens is 4. The molecule has 1 saturated heterocycles. The molecule has 0 aliphatic carbocycles. The molecule has 7 nitrogen and oxygen atoms in total. The molecule has 142 valence electrons. The summed E-state index contributed by atoms with van der Waals surface area (Å²) in [5, 5.41) is 7.66. The first kappa shape index (κ1) is 17.7. The highest BCUT2D eigenvalue weighted by atomic mass is 16.2. The summed E-state index contributed by atoms with van der Waals surface area (Å²) >= 11 is 0. The molecule has 1 fully saturated rings. The van der Waals surface area contributed by atoms with Crippen molar-refractivity contribution in [3.8, 4) is 0 Å². The van der Waals surface area contributed by atoms with Gasteiger partial charge in [-0.25, -0.2) is 4.98 Å². The number of pyridine rings is 1. The fourth-order valence-electron chi connectivity index (χ4n) is 3.67. The lowest BCUT2D eigenvalue weighted by atomic mass is 10.1. The molecule has 3 aromatic rings. The van der Waals surface area contributed by atoms with E-state index < -0.39 is 0 Å². The van der Waals surface area contributed by atoms with Crippen LogP contribution in [0.1, 0.15) is 41.0 Å². The summed E-state index contributed by atoms with van der Waals surface area (Å²) in [6, 6.07) is 5.96. The van der Waals surface area contributed by atoms with Gasteiger partial charge in [0.15, 0.2) is 5.69 Å². The van der Waals surface area contributed by atoms with Crippen molar-refractivity contribution in [2.75, 3.05) is 19.6 Å². The number of piperidine rings is 1. The van der Waals surface area contributed by atoms with E-state index in [1.165, 1.54) is 6.42 Å². The lowest BCUT2D eigenvalue weighted by molar-refractivity contribution is 0.0717. The molecule has 1 aliphatic heterocycles. The molecule has 4 rings (SSSR count). The molecule has 0 atom stereocenters. The van der Waals surface area contributed by atoms with Crippen LogP contribution in [0.25, 0.3) is 5.65 Å². The first-order chi connectivity index (χ1) is 13.2. The number of nitrogens with one attached hydrogen (secondary N) is 1. The molecule has 0 aromatic carbocycles. The van der Waals surface area contributed by atoms with Gasteiger partial charge < -0.3 is 14.6 Å². The largest absolute Gasteiger partial charge is 0.337 e. The fourth-order valence-corrected chi connectivity index (χ4v) is 3.67. The van der Waals surface area contributed by atoms with E-state index in [1.807, 2.05) is 51.5 Å². The molecule has 1 aliphatic rings. The second kappa shape index (κ2) is 7.92. The average Bonchev–Trinajstić information content (AvgIpc) is 3.34. The predicted octanol–water partition coefficient (Wildman–Crippen LogP) is 2.26. The van der Waals surface area contributed by atoms with E-state index in [9.17, 15) is 4.79 Å². The zero-order chi connectivity index (χ0) is 18.6. The Hall–Kier alpha value is -2.67. The van der Waals surface area contributed by atoms with Crippen LogP contribution in [-0.4, -0.2) is 49.6 Å². The minimum absolute atomic E-state index is 0.0571. The van der Waals surface area contributed by atoms with E-state index in [-0.39, 0.29) is 5.91 Å².